The van der Waals surface area contributed by atoms with Gasteiger partial charge in [0.1, 0.15) is 0 Å². The molecular formula is C15H37N3O. The molecule has 0 aliphatic heterocycles. The fourth-order valence-electron chi connectivity index (χ4n) is 1.65. The van der Waals surface area contributed by atoms with E-state index >= 15 is 0 Å². The summed E-state index contributed by atoms with van der Waals surface area (Å²) in [6, 6.07) is 0. The predicted molar refractivity (Wildman–Crippen MR) is 86.4 cm³/mol. The van der Waals surface area contributed by atoms with Crippen LogP contribution < -0.4 is 11.1 Å². The Bertz CT molecular complexity index is 198. The number of carbonyl (C=O) groups is 1. The summed E-state index contributed by atoms with van der Waals surface area (Å²) in [6.07, 6.45) is 1.52. The SMILES string of the molecule is CC.CC.CCNC(CC)(CCN(C)CC)C(N)=O. The van der Waals surface area contributed by atoms with Crippen LogP contribution in [0.3, 0.4) is 0 Å². The van der Waals surface area contributed by atoms with Crippen LogP contribution in [0.2, 0.25) is 0 Å². The van der Waals surface area contributed by atoms with Crippen molar-refractivity contribution >= 4 is 5.91 Å². The fraction of sp³-hybridized carbons (Fsp3) is 0.933. The second kappa shape index (κ2) is 15.4. The summed E-state index contributed by atoms with van der Waals surface area (Å²) in [5.74, 6) is -0.239. The summed E-state index contributed by atoms with van der Waals surface area (Å²) < 4.78 is 0. The highest BCUT2D eigenvalue weighted by Gasteiger charge is 2.33. The molecular weight excluding hydrogens is 238 g/mol. The maximum atomic E-state index is 11.5. The van der Waals surface area contributed by atoms with E-state index in [9.17, 15) is 4.79 Å². The second-order valence-corrected chi connectivity index (χ2v) is 3.98. The number of hydrogen-bond acceptors (Lipinski definition) is 3. The normalized spacial score (nSPS) is 12.7. The Hall–Kier alpha value is -0.610. The lowest BCUT2D eigenvalue weighted by molar-refractivity contribution is -0.125. The zero-order valence-electron chi connectivity index (χ0n) is 14.5. The largest absolute Gasteiger partial charge is 0.368 e. The van der Waals surface area contributed by atoms with Crippen LogP contribution in [0.1, 0.15) is 61.3 Å². The van der Waals surface area contributed by atoms with E-state index in [-0.39, 0.29) is 5.91 Å². The van der Waals surface area contributed by atoms with E-state index in [1.807, 2.05) is 48.6 Å². The van der Waals surface area contributed by atoms with Crippen LogP contribution in [0.4, 0.5) is 0 Å². The lowest BCUT2D eigenvalue weighted by Crippen LogP contribution is -2.56. The van der Waals surface area contributed by atoms with Crippen molar-refractivity contribution in [2.45, 2.75) is 66.8 Å². The highest BCUT2D eigenvalue weighted by molar-refractivity contribution is 5.84. The van der Waals surface area contributed by atoms with E-state index < -0.39 is 5.54 Å². The average Bonchev–Trinajstić information content (AvgIpc) is 2.47. The lowest BCUT2D eigenvalue weighted by Gasteiger charge is -2.32. The molecule has 4 heteroatoms. The van der Waals surface area contributed by atoms with Gasteiger partial charge in [0.25, 0.3) is 0 Å². The molecule has 0 fully saturated rings. The van der Waals surface area contributed by atoms with Crippen molar-refractivity contribution in [2.24, 2.45) is 5.73 Å². The molecule has 1 atom stereocenters. The molecule has 4 nitrogen and oxygen atoms in total. The van der Waals surface area contributed by atoms with Gasteiger partial charge < -0.3 is 16.0 Å². The van der Waals surface area contributed by atoms with Crippen LogP contribution in [-0.2, 0) is 4.79 Å². The first-order valence-corrected chi connectivity index (χ1v) is 7.75. The Labute approximate surface area is 121 Å². The molecule has 0 heterocycles. The van der Waals surface area contributed by atoms with Crippen LogP contribution >= 0.6 is 0 Å². The number of nitrogens with zero attached hydrogens (tertiary/aromatic N) is 1. The standard InChI is InChI=1S/C11H25N3O.2C2H6/c1-5-11(10(12)15,13-6-2)8-9-14(4)7-3;2*1-2/h13H,5-9H2,1-4H3,(H2,12,15);2*1-2H3. The molecule has 0 saturated heterocycles. The van der Waals surface area contributed by atoms with Crippen LogP contribution in [0, 0.1) is 0 Å². The van der Waals surface area contributed by atoms with Crippen molar-refractivity contribution in [1.29, 1.82) is 0 Å². The van der Waals surface area contributed by atoms with Gasteiger partial charge in [0.05, 0.1) is 5.54 Å². The molecule has 0 aromatic rings. The van der Waals surface area contributed by atoms with Gasteiger partial charge >= 0.3 is 0 Å². The van der Waals surface area contributed by atoms with Crippen molar-refractivity contribution in [3.05, 3.63) is 0 Å². The third kappa shape index (κ3) is 9.91. The molecule has 0 aromatic carbocycles. The maximum absolute atomic E-state index is 11.5. The predicted octanol–water partition coefficient (Wildman–Crippen LogP) is 2.62. The van der Waals surface area contributed by atoms with E-state index in [4.69, 9.17) is 5.73 Å². The summed E-state index contributed by atoms with van der Waals surface area (Å²) in [4.78, 5) is 13.7. The molecule has 0 spiro atoms. The topological polar surface area (TPSA) is 58.4 Å². The van der Waals surface area contributed by atoms with Gasteiger partial charge in [0.15, 0.2) is 0 Å². The van der Waals surface area contributed by atoms with Gasteiger partial charge in [-0.15, -0.1) is 0 Å². The number of primary amides is 1. The quantitative estimate of drug-likeness (QED) is 0.716. The summed E-state index contributed by atoms with van der Waals surface area (Å²) >= 11 is 0. The van der Waals surface area contributed by atoms with Gasteiger partial charge in [-0.25, -0.2) is 0 Å². The summed E-state index contributed by atoms with van der Waals surface area (Å²) in [6.45, 7) is 16.7. The van der Waals surface area contributed by atoms with E-state index in [1.54, 1.807) is 0 Å². The van der Waals surface area contributed by atoms with Crippen LogP contribution in [0.15, 0.2) is 0 Å². The first kappa shape index (κ1) is 23.5. The minimum atomic E-state index is -0.530. The Kier molecular flexibility index (Phi) is 19.1. The van der Waals surface area contributed by atoms with E-state index in [0.29, 0.717) is 0 Å². The van der Waals surface area contributed by atoms with Crippen molar-refractivity contribution in [3.8, 4) is 0 Å². The molecule has 1 amide bonds. The summed E-state index contributed by atoms with van der Waals surface area (Å²) in [7, 11) is 2.05. The molecule has 0 rings (SSSR count). The highest BCUT2D eigenvalue weighted by atomic mass is 16.1. The Balaban J connectivity index is -0.000000579. The van der Waals surface area contributed by atoms with E-state index in [2.05, 4.69) is 17.1 Å². The van der Waals surface area contributed by atoms with Crippen LogP contribution in [-0.4, -0.2) is 43.0 Å². The average molecular weight is 275 g/mol. The van der Waals surface area contributed by atoms with Crippen LogP contribution in [0.25, 0.3) is 0 Å². The lowest BCUT2D eigenvalue weighted by atomic mass is 9.90. The number of carbonyl (C=O) groups excluding carboxylic acids is 1. The minimum absolute atomic E-state index is 0.239. The van der Waals surface area contributed by atoms with Crippen molar-refractivity contribution < 1.29 is 4.79 Å². The number of nitrogens with one attached hydrogen (secondary N) is 1. The molecule has 0 saturated carbocycles. The van der Waals surface area contributed by atoms with Crippen molar-refractivity contribution in [2.75, 3.05) is 26.7 Å². The van der Waals surface area contributed by atoms with Gasteiger partial charge in [-0.1, -0.05) is 48.5 Å². The monoisotopic (exact) mass is 275 g/mol. The first-order chi connectivity index (χ1) is 9.02. The van der Waals surface area contributed by atoms with Crippen molar-refractivity contribution in [3.63, 3.8) is 0 Å². The molecule has 1 unspecified atom stereocenters. The zero-order chi connectivity index (χ0) is 15.9. The smallest absolute Gasteiger partial charge is 0.237 e. The summed E-state index contributed by atoms with van der Waals surface area (Å²) in [5, 5.41) is 3.22. The van der Waals surface area contributed by atoms with E-state index in [0.717, 1.165) is 32.5 Å². The molecule has 0 aliphatic rings. The van der Waals surface area contributed by atoms with Crippen LogP contribution in [0.5, 0.6) is 0 Å². The van der Waals surface area contributed by atoms with Gasteiger partial charge in [0, 0.05) is 6.54 Å². The van der Waals surface area contributed by atoms with E-state index in [1.165, 1.54) is 0 Å². The van der Waals surface area contributed by atoms with Gasteiger partial charge in [-0.05, 0) is 33.0 Å². The fourth-order valence-corrected chi connectivity index (χ4v) is 1.65. The third-order valence-corrected chi connectivity index (χ3v) is 3.05. The minimum Gasteiger partial charge on any atom is -0.368 e. The number of likely N-dealkylation sites (N-methyl/N-ethyl adjacent to an activating group) is 1. The third-order valence-electron chi connectivity index (χ3n) is 3.05. The van der Waals surface area contributed by atoms with Crippen molar-refractivity contribution in [1.82, 2.24) is 10.2 Å². The molecule has 118 valence electrons. The van der Waals surface area contributed by atoms with Gasteiger partial charge in [0.2, 0.25) is 5.91 Å². The first-order valence-electron chi connectivity index (χ1n) is 7.75. The number of rotatable bonds is 8. The summed E-state index contributed by atoms with van der Waals surface area (Å²) in [5.41, 5.74) is 4.95. The Morgan fingerprint density at radius 1 is 1.16 bits per heavy atom. The number of nitrogens with two attached hydrogens (primary N) is 1. The molecule has 0 aliphatic carbocycles. The molecule has 19 heavy (non-hydrogen) atoms. The highest BCUT2D eigenvalue weighted by Crippen LogP contribution is 2.15. The molecule has 0 radical (unpaired) electrons. The molecule has 3 N–H and O–H groups in total. The Morgan fingerprint density at radius 2 is 1.63 bits per heavy atom. The zero-order valence-corrected chi connectivity index (χ0v) is 14.5. The number of hydrogen-bond donors (Lipinski definition) is 2. The number of amides is 1. The second-order valence-electron chi connectivity index (χ2n) is 3.98. The maximum Gasteiger partial charge on any atom is 0.237 e. The molecule has 0 aromatic heterocycles. The van der Waals surface area contributed by atoms with Gasteiger partial charge in [-0.2, -0.15) is 0 Å². The Morgan fingerprint density at radius 3 is 1.89 bits per heavy atom. The molecule has 0 bridgehead atoms. The van der Waals surface area contributed by atoms with Gasteiger partial charge in [-0.3, -0.25) is 4.79 Å².